The minimum absolute atomic E-state index is 0.0395. The SMILES string of the molecule is Cc1cc(N)n(-c2ccc(C(=O)N(Cc3ccccn3)C[C@H]3CCCO3)cc2)n1. The third-order valence-corrected chi connectivity index (χ3v) is 5.03. The fourth-order valence-electron chi connectivity index (χ4n) is 3.59. The molecule has 3 heterocycles. The zero-order valence-corrected chi connectivity index (χ0v) is 16.5. The van der Waals surface area contributed by atoms with Crippen molar-refractivity contribution in [1.82, 2.24) is 19.7 Å². The highest BCUT2D eigenvalue weighted by Crippen LogP contribution is 2.19. The number of aryl methyl sites for hydroxylation is 1. The average molecular weight is 391 g/mol. The highest BCUT2D eigenvalue weighted by atomic mass is 16.5. The van der Waals surface area contributed by atoms with E-state index in [9.17, 15) is 4.79 Å². The predicted octanol–water partition coefficient (Wildman–Crippen LogP) is 2.98. The lowest BCUT2D eigenvalue weighted by Gasteiger charge is -2.25. The average Bonchev–Trinajstić information content (AvgIpc) is 3.37. The summed E-state index contributed by atoms with van der Waals surface area (Å²) in [6.45, 7) is 3.66. The molecule has 0 saturated carbocycles. The summed E-state index contributed by atoms with van der Waals surface area (Å²) in [6, 6.07) is 14.9. The molecule has 1 aromatic carbocycles. The van der Waals surface area contributed by atoms with E-state index in [1.165, 1.54) is 0 Å². The van der Waals surface area contributed by atoms with Crippen molar-refractivity contribution in [3.8, 4) is 5.69 Å². The molecule has 4 rings (SSSR count). The highest BCUT2D eigenvalue weighted by Gasteiger charge is 2.24. The van der Waals surface area contributed by atoms with Gasteiger partial charge in [0.15, 0.2) is 0 Å². The summed E-state index contributed by atoms with van der Waals surface area (Å²) in [7, 11) is 0. The number of amides is 1. The minimum atomic E-state index is -0.0395. The van der Waals surface area contributed by atoms with E-state index in [0.29, 0.717) is 24.5 Å². The number of aromatic nitrogens is 3. The molecule has 1 fully saturated rings. The summed E-state index contributed by atoms with van der Waals surface area (Å²) in [6.07, 6.45) is 3.84. The Morgan fingerprint density at radius 3 is 2.72 bits per heavy atom. The number of pyridine rings is 1. The Morgan fingerprint density at radius 2 is 2.10 bits per heavy atom. The normalized spacial score (nSPS) is 16.1. The highest BCUT2D eigenvalue weighted by molar-refractivity contribution is 5.94. The van der Waals surface area contributed by atoms with Crippen LogP contribution in [-0.2, 0) is 11.3 Å². The quantitative estimate of drug-likeness (QED) is 0.698. The van der Waals surface area contributed by atoms with Crippen LogP contribution < -0.4 is 5.73 Å². The lowest BCUT2D eigenvalue weighted by atomic mass is 10.1. The molecule has 3 aromatic rings. The number of rotatable bonds is 6. The molecule has 1 aliphatic rings. The second kappa shape index (κ2) is 8.45. The summed E-state index contributed by atoms with van der Waals surface area (Å²) < 4.78 is 7.43. The van der Waals surface area contributed by atoms with Gasteiger partial charge in [-0.05, 0) is 56.2 Å². The van der Waals surface area contributed by atoms with Crippen molar-refractivity contribution in [3.05, 3.63) is 71.7 Å². The summed E-state index contributed by atoms with van der Waals surface area (Å²) in [4.78, 5) is 19.4. The van der Waals surface area contributed by atoms with Gasteiger partial charge in [-0.15, -0.1) is 0 Å². The standard InChI is InChI=1S/C22H25N5O2/c1-16-13-21(23)27(25-16)19-9-7-17(8-10-19)22(28)26(15-20-6-4-12-29-20)14-18-5-2-3-11-24-18/h2-3,5,7-11,13,20H,4,6,12,14-15,23H2,1H3/t20-/m1/s1. The van der Waals surface area contributed by atoms with E-state index in [2.05, 4.69) is 10.1 Å². The van der Waals surface area contributed by atoms with Crippen LogP contribution in [0.2, 0.25) is 0 Å². The first kappa shape index (κ1) is 19.1. The maximum absolute atomic E-state index is 13.3. The number of carbonyl (C=O) groups is 1. The molecule has 0 unspecified atom stereocenters. The molecule has 7 nitrogen and oxygen atoms in total. The second-order valence-electron chi connectivity index (χ2n) is 7.31. The lowest BCUT2D eigenvalue weighted by Crippen LogP contribution is -2.37. The van der Waals surface area contributed by atoms with Crippen molar-refractivity contribution in [1.29, 1.82) is 0 Å². The van der Waals surface area contributed by atoms with Crippen LogP contribution in [-0.4, -0.2) is 44.8 Å². The molecule has 0 radical (unpaired) electrons. The van der Waals surface area contributed by atoms with Gasteiger partial charge >= 0.3 is 0 Å². The Kier molecular flexibility index (Phi) is 5.57. The molecular formula is C22H25N5O2. The van der Waals surface area contributed by atoms with Gasteiger partial charge in [-0.1, -0.05) is 6.07 Å². The van der Waals surface area contributed by atoms with E-state index in [0.717, 1.165) is 36.5 Å². The van der Waals surface area contributed by atoms with Crippen molar-refractivity contribution >= 4 is 11.7 Å². The number of nitrogens with two attached hydrogens (primary N) is 1. The molecule has 1 aliphatic heterocycles. The number of benzene rings is 1. The Labute approximate surface area is 170 Å². The number of nitrogen functional groups attached to an aromatic ring is 1. The zero-order chi connectivity index (χ0) is 20.2. The van der Waals surface area contributed by atoms with Crippen molar-refractivity contribution in [3.63, 3.8) is 0 Å². The maximum Gasteiger partial charge on any atom is 0.254 e. The fourth-order valence-corrected chi connectivity index (χ4v) is 3.59. The molecule has 1 atom stereocenters. The van der Waals surface area contributed by atoms with Gasteiger partial charge in [-0.2, -0.15) is 5.10 Å². The monoisotopic (exact) mass is 391 g/mol. The molecule has 0 aliphatic carbocycles. The largest absolute Gasteiger partial charge is 0.384 e. The third-order valence-electron chi connectivity index (χ3n) is 5.03. The molecule has 7 heteroatoms. The molecule has 2 aromatic heterocycles. The van der Waals surface area contributed by atoms with E-state index in [4.69, 9.17) is 10.5 Å². The molecule has 1 saturated heterocycles. The Hall–Kier alpha value is -3.19. The summed E-state index contributed by atoms with van der Waals surface area (Å²) in [5, 5.41) is 4.39. The van der Waals surface area contributed by atoms with Gasteiger partial charge in [0.05, 0.1) is 29.7 Å². The van der Waals surface area contributed by atoms with E-state index in [1.807, 2.05) is 60.4 Å². The summed E-state index contributed by atoms with van der Waals surface area (Å²) >= 11 is 0. The van der Waals surface area contributed by atoms with E-state index in [-0.39, 0.29) is 12.0 Å². The van der Waals surface area contributed by atoms with E-state index in [1.54, 1.807) is 10.9 Å². The Bertz CT molecular complexity index is 963. The number of hydrogen-bond acceptors (Lipinski definition) is 5. The number of carbonyl (C=O) groups excluding carboxylic acids is 1. The number of anilines is 1. The van der Waals surface area contributed by atoms with Gasteiger partial charge in [-0.3, -0.25) is 9.78 Å². The van der Waals surface area contributed by atoms with Crippen LogP contribution in [0.15, 0.2) is 54.7 Å². The molecule has 0 bridgehead atoms. The van der Waals surface area contributed by atoms with Gasteiger partial charge < -0.3 is 15.4 Å². The zero-order valence-electron chi connectivity index (χ0n) is 16.5. The molecule has 1 amide bonds. The van der Waals surface area contributed by atoms with Crippen LogP contribution in [0.1, 0.15) is 34.6 Å². The van der Waals surface area contributed by atoms with Gasteiger partial charge in [0.2, 0.25) is 0 Å². The summed E-state index contributed by atoms with van der Waals surface area (Å²) in [5.41, 5.74) is 9.14. The van der Waals surface area contributed by atoms with Crippen LogP contribution in [0.5, 0.6) is 0 Å². The van der Waals surface area contributed by atoms with E-state index >= 15 is 0 Å². The van der Waals surface area contributed by atoms with E-state index < -0.39 is 0 Å². The van der Waals surface area contributed by atoms with Crippen LogP contribution in [0.25, 0.3) is 5.69 Å². The second-order valence-corrected chi connectivity index (χ2v) is 7.31. The van der Waals surface area contributed by atoms with Crippen LogP contribution in [0, 0.1) is 6.92 Å². The van der Waals surface area contributed by atoms with Crippen LogP contribution >= 0.6 is 0 Å². The van der Waals surface area contributed by atoms with Crippen molar-refractivity contribution in [2.45, 2.75) is 32.4 Å². The predicted molar refractivity (Wildman–Crippen MR) is 111 cm³/mol. The number of hydrogen-bond donors (Lipinski definition) is 1. The van der Waals surface area contributed by atoms with Crippen molar-refractivity contribution in [2.75, 3.05) is 18.9 Å². The molecule has 150 valence electrons. The van der Waals surface area contributed by atoms with Crippen molar-refractivity contribution < 1.29 is 9.53 Å². The lowest BCUT2D eigenvalue weighted by molar-refractivity contribution is 0.0504. The first-order valence-corrected chi connectivity index (χ1v) is 9.83. The maximum atomic E-state index is 13.3. The number of ether oxygens (including phenoxy) is 1. The van der Waals surface area contributed by atoms with Gasteiger partial charge in [0, 0.05) is 31.0 Å². The van der Waals surface area contributed by atoms with Crippen molar-refractivity contribution in [2.24, 2.45) is 0 Å². The summed E-state index contributed by atoms with van der Waals surface area (Å²) in [5.74, 6) is 0.527. The molecular weight excluding hydrogens is 366 g/mol. The molecule has 0 spiro atoms. The fraction of sp³-hybridized carbons (Fsp3) is 0.318. The smallest absolute Gasteiger partial charge is 0.254 e. The Balaban J connectivity index is 1.55. The van der Waals surface area contributed by atoms with Crippen LogP contribution in [0.4, 0.5) is 5.82 Å². The van der Waals surface area contributed by atoms with Crippen LogP contribution in [0.3, 0.4) is 0 Å². The number of nitrogens with zero attached hydrogens (tertiary/aromatic N) is 4. The third kappa shape index (κ3) is 4.46. The minimum Gasteiger partial charge on any atom is -0.384 e. The molecule has 2 N–H and O–H groups in total. The van der Waals surface area contributed by atoms with Gasteiger partial charge in [-0.25, -0.2) is 4.68 Å². The molecule has 29 heavy (non-hydrogen) atoms. The first-order valence-electron chi connectivity index (χ1n) is 9.83. The first-order chi connectivity index (χ1) is 14.1. The van der Waals surface area contributed by atoms with Gasteiger partial charge in [0.25, 0.3) is 5.91 Å². The topological polar surface area (TPSA) is 86.3 Å². The Morgan fingerprint density at radius 1 is 1.28 bits per heavy atom. The van der Waals surface area contributed by atoms with Gasteiger partial charge in [0.1, 0.15) is 5.82 Å².